The Hall–Kier alpha value is -2.63. The van der Waals surface area contributed by atoms with Crippen molar-refractivity contribution in [3.63, 3.8) is 0 Å². The maximum Gasteiger partial charge on any atom is 0.358 e. The number of hydrogen-bond acceptors (Lipinski definition) is 3. The molecule has 0 saturated heterocycles. The normalized spacial score (nSPS) is 10.9. The molecule has 0 spiro atoms. The molecule has 6 nitrogen and oxygen atoms in total. The van der Waals surface area contributed by atoms with Crippen molar-refractivity contribution in [2.75, 3.05) is 0 Å². The van der Waals surface area contributed by atoms with Crippen LogP contribution in [0.1, 0.15) is 10.5 Å². The number of benzene rings is 1. The summed E-state index contributed by atoms with van der Waals surface area (Å²) in [6.07, 6.45) is 1.95. The predicted octanol–water partition coefficient (Wildman–Crippen LogP) is 1.66. The van der Waals surface area contributed by atoms with Crippen LogP contribution in [-0.4, -0.2) is 31.1 Å². The van der Waals surface area contributed by atoms with Gasteiger partial charge in [0.1, 0.15) is 5.69 Å². The number of nitrogens with zero attached hydrogens (tertiary/aromatic N) is 3. The van der Waals surface area contributed by atoms with Crippen LogP contribution in [0, 0.1) is 0 Å². The molecule has 0 aliphatic heterocycles. The van der Waals surface area contributed by atoms with Crippen LogP contribution >= 0.6 is 0 Å². The fourth-order valence-electron chi connectivity index (χ4n) is 2.01. The zero-order valence-electron chi connectivity index (χ0n) is 9.58. The SMILES string of the molecule is Cn1ccc2cc(-c3n[nH]nc3C(=O)O)ccc21. The molecule has 0 amide bonds. The number of aromatic nitrogens is 4. The maximum atomic E-state index is 11.0. The molecule has 0 fully saturated rings. The Bertz CT molecular complexity index is 741. The summed E-state index contributed by atoms with van der Waals surface area (Å²) < 4.78 is 2.00. The molecule has 0 saturated carbocycles. The number of carboxylic acids is 1. The van der Waals surface area contributed by atoms with E-state index in [1.54, 1.807) is 0 Å². The molecule has 2 aromatic heterocycles. The van der Waals surface area contributed by atoms with Crippen LogP contribution < -0.4 is 0 Å². The van der Waals surface area contributed by atoms with E-state index in [-0.39, 0.29) is 5.69 Å². The van der Waals surface area contributed by atoms with Gasteiger partial charge in [-0.25, -0.2) is 4.79 Å². The second kappa shape index (κ2) is 3.69. The first kappa shape index (κ1) is 10.5. The van der Waals surface area contributed by atoms with E-state index in [1.807, 2.05) is 42.1 Å². The summed E-state index contributed by atoms with van der Waals surface area (Å²) in [6.45, 7) is 0. The number of nitrogens with one attached hydrogen (secondary N) is 1. The Morgan fingerprint density at radius 1 is 1.33 bits per heavy atom. The van der Waals surface area contributed by atoms with E-state index in [0.29, 0.717) is 5.69 Å². The van der Waals surface area contributed by atoms with Gasteiger partial charge in [-0.05, 0) is 18.2 Å². The highest BCUT2D eigenvalue weighted by atomic mass is 16.4. The summed E-state index contributed by atoms with van der Waals surface area (Å²) in [5, 5.41) is 19.9. The van der Waals surface area contributed by atoms with Crippen molar-refractivity contribution in [3.8, 4) is 11.3 Å². The summed E-state index contributed by atoms with van der Waals surface area (Å²) in [5.41, 5.74) is 2.11. The van der Waals surface area contributed by atoms with Gasteiger partial charge in [-0.3, -0.25) is 0 Å². The monoisotopic (exact) mass is 242 g/mol. The van der Waals surface area contributed by atoms with Crippen LogP contribution in [0.15, 0.2) is 30.5 Å². The number of H-pyrrole nitrogens is 1. The highest BCUT2D eigenvalue weighted by molar-refractivity contribution is 5.94. The smallest absolute Gasteiger partial charge is 0.358 e. The molecule has 6 heteroatoms. The fourth-order valence-corrected chi connectivity index (χ4v) is 2.01. The molecule has 2 heterocycles. The number of rotatable bonds is 2. The summed E-state index contributed by atoms with van der Waals surface area (Å²) in [5.74, 6) is -1.09. The number of carbonyl (C=O) groups is 1. The van der Waals surface area contributed by atoms with Crippen molar-refractivity contribution in [2.45, 2.75) is 0 Å². The van der Waals surface area contributed by atoms with Gasteiger partial charge < -0.3 is 9.67 Å². The van der Waals surface area contributed by atoms with Crippen molar-refractivity contribution in [1.82, 2.24) is 20.0 Å². The van der Waals surface area contributed by atoms with Crippen molar-refractivity contribution in [1.29, 1.82) is 0 Å². The quantitative estimate of drug-likeness (QED) is 0.715. The average molecular weight is 242 g/mol. The lowest BCUT2D eigenvalue weighted by Crippen LogP contribution is -1.99. The summed E-state index contributed by atoms with van der Waals surface area (Å²) in [7, 11) is 1.96. The molecule has 90 valence electrons. The molecule has 0 aliphatic carbocycles. The molecule has 1 aromatic carbocycles. The molecule has 18 heavy (non-hydrogen) atoms. The molecule has 2 N–H and O–H groups in total. The highest BCUT2D eigenvalue weighted by Crippen LogP contribution is 2.24. The lowest BCUT2D eigenvalue weighted by Gasteiger charge is -2.00. The Kier molecular flexibility index (Phi) is 2.16. The largest absolute Gasteiger partial charge is 0.476 e. The van der Waals surface area contributed by atoms with Gasteiger partial charge in [-0.15, -0.1) is 5.10 Å². The second-order valence-electron chi connectivity index (χ2n) is 4.03. The van der Waals surface area contributed by atoms with Gasteiger partial charge >= 0.3 is 5.97 Å². The molecule has 3 rings (SSSR count). The molecule has 0 radical (unpaired) electrons. The van der Waals surface area contributed by atoms with E-state index in [9.17, 15) is 4.79 Å². The molecule has 0 bridgehead atoms. The number of aryl methyl sites for hydroxylation is 1. The standard InChI is InChI=1S/C12H10N4O2/c1-16-5-4-7-6-8(2-3-9(7)16)10-11(12(17)18)14-15-13-10/h2-6H,1H3,(H,17,18)(H,13,14,15). The molecule has 0 aliphatic rings. The molecule has 0 unspecified atom stereocenters. The van der Waals surface area contributed by atoms with Crippen LogP contribution in [0.2, 0.25) is 0 Å². The van der Waals surface area contributed by atoms with Gasteiger partial charge in [0.2, 0.25) is 0 Å². The van der Waals surface area contributed by atoms with Gasteiger partial charge in [-0.2, -0.15) is 10.3 Å². The Morgan fingerprint density at radius 3 is 2.94 bits per heavy atom. The third-order valence-electron chi connectivity index (χ3n) is 2.91. The van der Waals surface area contributed by atoms with Crippen molar-refractivity contribution in [2.24, 2.45) is 7.05 Å². The lowest BCUT2D eigenvalue weighted by atomic mass is 10.1. The van der Waals surface area contributed by atoms with E-state index in [1.165, 1.54) is 0 Å². The summed E-state index contributed by atoms with van der Waals surface area (Å²) in [4.78, 5) is 11.0. The molecular formula is C12H10N4O2. The first-order chi connectivity index (χ1) is 8.66. The molecule has 0 atom stereocenters. The molecular weight excluding hydrogens is 232 g/mol. The number of fused-ring (bicyclic) bond motifs is 1. The summed E-state index contributed by atoms with van der Waals surface area (Å²) in [6, 6.07) is 7.65. The predicted molar refractivity (Wildman–Crippen MR) is 65.3 cm³/mol. The zero-order valence-corrected chi connectivity index (χ0v) is 9.58. The first-order valence-electron chi connectivity index (χ1n) is 5.36. The van der Waals surface area contributed by atoms with Crippen LogP contribution in [0.5, 0.6) is 0 Å². The number of hydrogen-bond donors (Lipinski definition) is 2. The van der Waals surface area contributed by atoms with E-state index < -0.39 is 5.97 Å². The first-order valence-corrected chi connectivity index (χ1v) is 5.36. The third-order valence-corrected chi connectivity index (χ3v) is 2.91. The summed E-state index contributed by atoms with van der Waals surface area (Å²) >= 11 is 0. The fraction of sp³-hybridized carbons (Fsp3) is 0.0833. The van der Waals surface area contributed by atoms with Gasteiger partial charge in [-0.1, -0.05) is 6.07 Å². The van der Waals surface area contributed by atoms with E-state index in [0.717, 1.165) is 16.5 Å². The Labute approximate surface area is 102 Å². The zero-order chi connectivity index (χ0) is 12.7. The van der Waals surface area contributed by atoms with Crippen LogP contribution in [-0.2, 0) is 7.05 Å². The van der Waals surface area contributed by atoms with E-state index in [2.05, 4.69) is 15.4 Å². The number of carboxylic acid groups (broad SMARTS) is 1. The molecule has 3 aromatic rings. The van der Waals surface area contributed by atoms with E-state index >= 15 is 0 Å². The van der Waals surface area contributed by atoms with Crippen molar-refractivity contribution in [3.05, 3.63) is 36.2 Å². The van der Waals surface area contributed by atoms with Gasteiger partial charge in [0.25, 0.3) is 0 Å². The Balaban J connectivity index is 2.19. The average Bonchev–Trinajstić information content (AvgIpc) is 2.96. The van der Waals surface area contributed by atoms with Crippen LogP contribution in [0.25, 0.3) is 22.2 Å². The number of aromatic carboxylic acids is 1. The third kappa shape index (κ3) is 1.46. The van der Waals surface area contributed by atoms with Gasteiger partial charge in [0.05, 0.1) is 0 Å². The van der Waals surface area contributed by atoms with E-state index in [4.69, 9.17) is 5.11 Å². The minimum Gasteiger partial charge on any atom is -0.476 e. The van der Waals surface area contributed by atoms with Crippen LogP contribution in [0.3, 0.4) is 0 Å². The van der Waals surface area contributed by atoms with Crippen molar-refractivity contribution < 1.29 is 9.90 Å². The Morgan fingerprint density at radius 2 is 2.17 bits per heavy atom. The topological polar surface area (TPSA) is 83.8 Å². The van der Waals surface area contributed by atoms with Gasteiger partial charge in [0, 0.05) is 29.7 Å². The maximum absolute atomic E-state index is 11.0. The lowest BCUT2D eigenvalue weighted by molar-refractivity contribution is 0.0691. The van der Waals surface area contributed by atoms with Gasteiger partial charge in [0.15, 0.2) is 5.69 Å². The second-order valence-corrected chi connectivity index (χ2v) is 4.03. The minimum absolute atomic E-state index is 0.0646. The van der Waals surface area contributed by atoms with Crippen molar-refractivity contribution >= 4 is 16.9 Å². The van der Waals surface area contributed by atoms with Crippen LogP contribution in [0.4, 0.5) is 0 Å². The minimum atomic E-state index is -1.09. The highest BCUT2D eigenvalue weighted by Gasteiger charge is 2.17. The number of aromatic amines is 1.